The number of aryl methyl sites for hydroxylation is 2. The molecule has 1 amide bonds. The second-order valence-electron chi connectivity index (χ2n) is 6.70. The predicted molar refractivity (Wildman–Crippen MR) is 109 cm³/mol. The zero-order chi connectivity index (χ0) is 19.8. The van der Waals surface area contributed by atoms with E-state index in [-0.39, 0.29) is 12.5 Å². The van der Waals surface area contributed by atoms with Crippen molar-refractivity contribution in [3.05, 3.63) is 59.9 Å². The summed E-state index contributed by atoms with van der Waals surface area (Å²) in [5.41, 5.74) is 3.17. The zero-order valence-corrected chi connectivity index (χ0v) is 16.5. The fourth-order valence-corrected chi connectivity index (χ4v) is 3.14. The van der Waals surface area contributed by atoms with E-state index in [1.165, 1.54) is 7.11 Å². The van der Waals surface area contributed by atoms with Gasteiger partial charge in [-0.1, -0.05) is 30.3 Å². The molecular formula is C22H27N3O3. The Bertz CT molecular complexity index is 920. The number of para-hydroxylation sites is 3. The molecule has 1 N–H and O–H groups in total. The third kappa shape index (κ3) is 5.10. The summed E-state index contributed by atoms with van der Waals surface area (Å²) >= 11 is 0. The van der Waals surface area contributed by atoms with Crippen LogP contribution in [0.2, 0.25) is 0 Å². The highest BCUT2D eigenvalue weighted by atomic mass is 16.5. The van der Waals surface area contributed by atoms with Gasteiger partial charge in [0.05, 0.1) is 24.2 Å². The maximum absolute atomic E-state index is 11.7. The first-order valence-corrected chi connectivity index (χ1v) is 9.57. The SMILES string of the molecule is COCC(=O)NCc1nc2ccccc2n1CCCCOc1ccccc1C. The van der Waals surface area contributed by atoms with Gasteiger partial charge in [-0.15, -0.1) is 0 Å². The van der Waals surface area contributed by atoms with Crippen molar-refractivity contribution in [3.8, 4) is 5.75 Å². The summed E-state index contributed by atoms with van der Waals surface area (Å²) in [5.74, 6) is 1.65. The summed E-state index contributed by atoms with van der Waals surface area (Å²) in [4.78, 5) is 16.4. The Morgan fingerprint density at radius 2 is 1.89 bits per heavy atom. The zero-order valence-electron chi connectivity index (χ0n) is 16.5. The first-order valence-electron chi connectivity index (χ1n) is 9.57. The molecule has 6 heteroatoms. The quantitative estimate of drug-likeness (QED) is 0.546. The molecule has 0 aliphatic rings. The Morgan fingerprint density at radius 1 is 1.11 bits per heavy atom. The Labute approximate surface area is 165 Å². The molecule has 0 atom stereocenters. The fraction of sp³-hybridized carbons (Fsp3) is 0.364. The van der Waals surface area contributed by atoms with Gasteiger partial charge in [0, 0.05) is 13.7 Å². The second kappa shape index (κ2) is 9.90. The van der Waals surface area contributed by atoms with Crippen LogP contribution in [0.1, 0.15) is 24.2 Å². The van der Waals surface area contributed by atoms with Crippen molar-refractivity contribution < 1.29 is 14.3 Å². The lowest BCUT2D eigenvalue weighted by Crippen LogP contribution is -2.28. The molecule has 148 valence electrons. The number of unbranched alkanes of at least 4 members (excludes halogenated alkanes) is 1. The van der Waals surface area contributed by atoms with Crippen LogP contribution in [0.5, 0.6) is 5.75 Å². The highest BCUT2D eigenvalue weighted by Crippen LogP contribution is 2.18. The molecule has 0 fully saturated rings. The van der Waals surface area contributed by atoms with Crippen LogP contribution in [-0.4, -0.2) is 35.8 Å². The number of amides is 1. The number of nitrogens with one attached hydrogen (secondary N) is 1. The van der Waals surface area contributed by atoms with E-state index in [4.69, 9.17) is 9.47 Å². The molecule has 1 heterocycles. The minimum atomic E-state index is -0.146. The van der Waals surface area contributed by atoms with E-state index in [9.17, 15) is 4.79 Å². The summed E-state index contributed by atoms with van der Waals surface area (Å²) in [7, 11) is 1.51. The third-order valence-electron chi connectivity index (χ3n) is 4.58. The van der Waals surface area contributed by atoms with Gasteiger partial charge in [-0.05, 0) is 43.5 Å². The molecule has 3 rings (SSSR count). The minimum Gasteiger partial charge on any atom is -0.493 e. The fourth-order valence-electron chi connectivity index (χ4n) is 3.14. The normalized spacial score (nSPS) is 10.9. The molecule has 0 bridgehead atoms. The largest absolute Gasteiger partial charge is 0.493 e. The molecule has 0 spiro atoms. The van der Waals surface area contributed by atoms with E-state index < -0.39 is 0 Å². The Morgan fingerprint density at radius 3 is 2.71 bits per heavy atom. The number of carbonyl (C=O) groups is 1. The average molecular weight is 381 g/mol. The van der Waals surface area contributed by atoms with Crippen molar-refractivity contribution in [2.75, 3.05) is 20.3 Å². The van der Waals surface area contributed by atoms with Gasteiger partial charge in [0.15, 0.2) is 0 Å². The molecule has 2 aromatic carbocycles. The predicted octanol–water partition coefficient (Wildman–Crippen LogP) is 3.47. The van der Waals surface area contributed by atoms with Gasteiger partial charge < -0.3 is 19.4 Å². The van der Waals surface area contributed by atoms with Crippen LogP contribution in [0, 0.1) is 6.92 Å². The molecule has 0 saturated carbocycles. The highest BCUT2D eigenvalue weighted by Gasteiger charge is 2.11. The lowest BCUT2D eigenvalue weighted by Gasteiger charge is -2.11. The van der Waals surface area contributed by atoms with Crippen LogP contribution in [0.15, 0.2) is 48.5 Å². The van der Waals surface area contributed by atoms with Crippen LogP contribution < -0.4 is 10.1 Å². The van der Waals surface area contributed by atoms with Gasteiger partial charge in [-0.25, -0.2) is 4.98 Å². The van der Waals surface area contributed by atoms with Crippen LogP contribution in [0.4, 0.5) is 0 Å². The Balaban J connectivity index is 1.58. The van der Waals surface area contributed by atoms with Gasteiger partial charge in [0.25, 0.3) is 0 Å². The van der Waals surface area contributed by atoms with Crippen molar-refractivity contribution in [1.29, 1.82) is 0 Å². The molecule has 28 heavy (non-hydrogen) atoms. The molecule has 0 aliphatic carbocycles. The number of hydrogen-bond donors (Lipinski definition) is 1. The number of fused-ring (bicyclic) bond motifs is 1. The lowest BCUT2D eigenvalue weighted by atomic mass is 10.2. The topological polar surface area (TPSA) is 65.4 Å². The van der Waals surface area contributed by atoms with E-state index in [2.05, 4.69) is 33.9 Å². The molecule has 0 unspecified atom stereocenters. The van der Waals surface area contributed by atoms with Gasteiger partial charge in [0.1, 0.15) is 18.2 Å². The van der Waals surface area contributed by atoms with E-state index in [0.29, 0.717) is 13.2 Å². The van der Waals surface area contributed by atoms with E-state index in [0.717, 1.165) is 47.6 Å². The lowest BCUT2D eigenvalue weighted by molar-refractivity contribution is -0.124. The van der Waals surface area contributed by atoms with Crippen molar-refractivity contribution in [2.45, 2.75) is 32.9 Å². The van der Waals surface area contributed by atoms with Gasteiger partial charge >= 0.3 is 0 Å². The number of methoxy groups -OCH3 is 1. The number of aromatic nitrogens is 2. The maximum Gasteiger partial charge on any atom is 0.246 e. The molecular weight excluding hydrogens is 354 g/mol. The van der Waals surface area contributed by atoms with E-state index >= 15 is 0 Å². The van der Waals surface area contributed by atoms with Crippen molar-refractivity contribution in [3.63, 3.8) is 0 Å². The summed E-state index contributed by atoms with van der Waals surface area (Å²) in [6.07, 6.45) is 1.90. The summed E-state index contributed by atoms with van der Waals surface area (Å²) in [5, 5.41) is 2.86. The van der Waals surface area contributed by atoms with Crippen molar-refractivity contribution in [1.82, 2.24) is 14.9 Å². The number of nitrogens with zero attached hydrogens (tertiary/aromatic N) is 2. The van der Waals surface area contributed by atoms with Crippen LogP contribution in [0.25, 0.3) is 11.0 Å². The van der Waals surface area contributed by atoms with Gasteiger partial charge in [-0.2, -0.15) is 0 Å². The molecule has 6 nitrogen and oxygen atoms in total. The minimum absolute atomic E-state index is 0.0521. The number of hydrogen-bond acceptors (Lipinski definition) is 4. The van der Waals surface area contributed by atoms with Gasteiger partial charge in [-0.3, -0.25) is 4.79 Å². The summed E-state index contributed by atoms with van der Waals surface area (Å²) in [6, 6.07) is 16.1. The molecule has 0 radical (unpaired) electrons. The average Bonchev–Trinajstić information content (AvgIpc) is 3.05. The van der Waals surface area contributed by atoms with Crippen molar-refractivity contribution >= 4 is 16.9 Å². The Kier molecular flexibility index (Phi) is 7.03. The van der Waals surface area contributed by atoms with E-state index in [1.54, 1.807) is 0 Å². The van der Waals surface area contributed by atoms with Gasteiger partial charge in [0.2, 0.25) is 5.91 Å². The smallest absolute Gasteiger partial charge is 0.246 e. The number of carbonyl (C=O) groups excluding carboxylic acids is 1. The van der Waals surface area contributed by atoms with Crippen LogP contribution in [-0.2, 0) is 22.6 Å². The number of imidazole rings is 1. The third-order valence-corrected chi connectivity index (χ3v) is 4.58. The standard InChI is InChI=1S/C22H27N3O3/c1-17-9-3-6-12-20(17)28-14-8-7-13-25-19-11-5-4-10-18(19)24-21(25)15-23-22(26)16-27-2/h3-6,9-12H,7-8,13-16H2,1-2H3,(H,23,26). The second-order valence-corrected chi connectivity index (χ2v) is 6.70. The highest BCUT2D eigenvalue weighted by molar-refractivity contribution is 5.78. The first-order chi connectivity index (χ1) is 13.7. The number of rotatable bonds is 10. The first kappa shape index (κ1) is 19.9. The summed E-state index contributed by atoms with van der Waals surface area (Å²) in [6.45, 7) is 3.99. The molecule has 0 saturated heterocycles. The maximum atomic E-state index is 11.7. The molecule has 0 aliphatic heterocycles. The van der Waals surface area contributed by atoms with E-state index in [1.807, 2.05) is 36.4 Å². The molecule has 1 aromatic heterocycles. The van der Waals surface area contributed by atoms with Crippen LogP contribution in [0.3, 0.4) is 0 Å². The molecule has 3 aromatic rings. The monoisotopic (exact) mass is 381 g/mol. The van der Waals surface area contributed by atoms with Crippen LogP contribution >= 0.6 is 0 Å². The van der Waals surface area contributed by atoms with Crippen molar-refractivity contribution in [2.24, 2.45) is 0 Å². The number of ether oxygens (including phenoxy) is 2. The number of benzene rings is 2. The Hall–Kier alpha value is -2.86. The summed E-state index contributed by atoms with van der Waals surface area (Å²) < 4.78 is 12.9.